The fraction of sp³-hybridized carbons (Fsp3) is 0.238. The average molecular weight is 367 g/mol. The highest BCUT2D eigenvalue weighted by Crippen LogP contribution is 2.28. The Morgan fingerprint density at radius 3 is 2.81 bits per heavy atom. The molecule has 4 N–H and O–H groups in total. The number of aromatic hydroxyl groups is 1. The molecule has 0 saturated carbocycles. The van der Waals surface area contributed by atoms with Gasteiger partial charge in [-0.1, -0.05) is 18.2 Å². The van der Waals surface area contributed by atoms with E-state index >= 15 is 0 Å². The van der Waals surface area contributed by atoms with Gasteiger partial charge in [0.25, 0.3) is 0 Å². The standard InChI is InChI=1S/C21H23N2O4/c1-13-3-4-14(19(11-13)27-2)9-10-22-12-18(25)15-5-7-17(24)21-16(15)6-8-20(26)23-21/h3-8,11,18,22,24-25H,1,9-10,12H2,2H3,(H,23,26)/t18-/m0/s1. The van der Waals surface area contributed by atoms with Crippen molar-refractivity contribution < 1.29 is 14.9 Å². The number of aromatic nitrogens is 1. The number of pyridine rings is 1. The lowest BCUT2D eigenvalue weighted by molar-refractivity contribution is 0.176. The van der Waals surface area contributed by atoms with Gasteiger partial charge >= 0.3 is 0 Å². The molecule has 3 rings (SSSR count). The van der Waals surface area contributed by atoms with Gasteiger partial charge in [-0.15, -0.1) is 0 Å². The molecule has 6 nitrogen and oxygen atoms in total. The molecule has 0 aliphatic heterocycles. The molecule has 1 aromatic heterocycles. The number of rotatable bonds is 7. The number of hydrogen-bond donors (Lipinski definition) is 4. The van der Waals surface area contributed by atoms with Crippen molar-refractivity contribution in [3.05, 3.63) is 76.4 Å². The number of aromatic amines is 1. The van der Waals surface area contributed by atoms with Crippen LogP contribution in [0.3, 0.4) is 0 Å². The Labute approximate surface area is 157 Å². The summed E-state index contributed by atoms with van der Waals surface area (Å²) in [5, 5.41) is 24.3. The van der Waals surface area contributed by atoms with Gasteiger partial charge in [-0.05, 0) is 54.8 Å². The molecule has 27 heavy (non-hydrogen) atoms. The Morgan fingerprint density at radius 2 is 2.04 bits per heavy atom. The van der Waals surface area contributed by atoms with Crippen LogP contribution in [-0.4, -0.2) is 35.4 Å². The molecule has 1 atom stereocenters. The number of fused-ring (bicyclic) bond motifs is 1. The molecule has 3 aromatic rings. The van der Waals surface area contributed by atoms with Gasteiger partial charge in [0, 0.05) is 18.0 Å². The molecule has 0 aliphatic carbocycles. The molecule has 0 aliphatic rings. The fourth-order valence-electron chi connectivity index (χ4n) is 3.12. The summed E-state index contributed by atoms with van der Waals surface area (Å²) in [5.41, 5.74) is 2.64. The lowest BCUT2D eigenvalue weighted by Crippen LogP contribution is -2.24. The molecule has 141 valence electrons. The molecular formula is C21H23N2O4. The fourth-order valence-corrected chi connectivity index (χ4v) is 3.12. The second-order valence-corrected chi connectivity index (χ2v) is 6.40. The number of ether oxygens (including phenoxy) is 1. The predicted molar refractivity (Wildman–Crippen MR) is 105 cm³/mol. The molecule has 1 heterocycles. The first-order valence-electron chi connectivity index (χ1n) is 8.72. The number of methoxy groups -OCH3 is 1. The van der Waals surface area contributed by atoms with E-state index in [1.807, 2.05) is 18.2 Å². The van der Waals surface area contributed by atoms with E-state index in [2.05, 4.69) is 17.2 Å². The quantitative estimate of drug-likeness (QED) is 0.481. The monoisotopic (exact) mass is 367 g/mol. The number of phenols is 1. The predicted octanol–water partition coefficient (Wildman–Crippen LogP) is 2.29. The third-order valence-corrected chi connectivity index (χ3v) is 4.53. The van der Waals surface area contributed by atoms with Gasteiger partial charge in [0.15, 0.2) is 0 Å². The van der Waals surface area contributed by atoms with Crippen molar-refractivity contribution in [1.82, 2.24) is 10.3 Å². The van der Waals surface area contributed by atoms with Gasteiger partial charge < -0.3 is 25.3 Å². The van der Waals surface area contributed by atoms with Crippen LogP contribution in [0.4, 0.5) is 0 Å². The number of aliphatic hydroxyl groups excluding tert-OH is 1. The third kappa shape index (κ3) is 4.30. The van der Waals surface area contributed by atoms with Crippen molar-refractivity contribution in [2.24, 2.45) is 0 Å². The van der Waals surface area contributed by atoms with Crippen molar-refractivity contribution in [3.63, 3.8) is 0 Å². The molecule has 6 heteroatoms. The lowest BCUT2D eigenvalue weighted by atomic mass is 10.0. The Bertz CT molecular complexity index is 997. The minimum Gasteiger partial charge on any atom is -0.506 e. The van der Waals surface area contributed by atoms with Gasteiger partial charge in [0.05, 0.1) is 18.7 Å². The summed E-state index contributed by atoms with van der Waals surface area (Å²) in [7, 11) is 1.63. The summed E-state index contributed by atoms with van der Waals surface area (Å²) in [6.45, 7) is 4.90. The summed E-state index contributed by atoms with van der Waals surface area (Å²) in [6.07, 6.45) is -0.0251. The van der Waals surface area contributed by atoms with Crippen LogP contribution in [0, 0.1) is 6.92 Å². The first-order chi connectivity index (χ1) is 13.0. The first kappa shape index (κ1) is 18.9. The molecule has 0 fully saturated rings. The molecule has 0 bridgehead atoms. The van der Waals surface area contributed by atoms with Crippen LogP contribution in [0.25, 0.3) is 10.9 Å². The minimum atomic E-state index is -0.775. The number of H-pyrrole nitrogens is 1. The van der Waals surface area contributed by atoms with Gasteiger partial charge in [-0.25, -0.2) is 0 Å². The maximum Gasteiger partial charge on any atom is 0.248 e. The van der Waals surface area contributed by atoms with Crippen LogP contribution in [0.1, 0.15) is 22.8 Å². The molecule has 0 amide bonds. The van der Waals surface area contributed by atoms with E-state index in [-0.39, 0.29) is 11.3 Å². The zero-order chi connectivity index (χ0) is 19.4. The van der Waals surface area contributed by atoms with Gasteiger partial charge in [0.2, 0.25) is 5.56 Å². The Morgan fingerprint density at radius 1 is 1.22 bits per heavy atom. The van der Waals surface area contributed by atoms with Crippen LogP contribution in [-0.2, 0) is 6.42 Å². The SMILES string of the molecule is [CH2]c1ccc(CCNC[C@H](O)c2ccc(O)c3[nH]c(=O)ccc23)c(OC)c1. The van der Waals surface area contributed by atoms with Gasteiger partial charge in [-0.2, -0.15) is 0 Å². The average Bonchev–Trinajstić information content (AvgIpc) is 2.66. The van der Waals surface area contributed by atoms with Crippen LogP contribution in [0.5, 0.6) is 11.5 Å². The van der Waals surface area contributed by atoms with Gasteiger partial charge in [-0.3, -0.25) is 4.79 Å². The maximum atomic E-state index is 11.5. The normalized spacial score (nSPS) is 12.3. The highest BCUT2D eigenvalue weighted by molar-refractivity contribution is 5.87. The van der Waals surface area contributed by atoms with E-state index < -0.39 is 6.10 Å². The first-order valence-corrected chi connectivity index (χ1v) is 8.72. The number of phenolic OH excluding ortho intramolecular Hbond substituents is 1. The molecular weight excluding hydrogens is 344 g/mol. The van der Waals surface area contributed by atoms with Crippen molar-refractivity contribution in [1.29, 1.82) is 0 Å². The van der Waals surface area contributed by atoms with Gasteiger partial charge in [0.1, 0.15) is 11.5 Å². The largest absolute Gasteiger partial charge is 0.506 e. The highest BCUT2D eigenvalue weighted by Gasteiger charge is 2.14. The van der Waals surface area contributed by atoms with Crippen molar-refractivity contribution in [3.8, 4) is 11.5 Å². The van der Waals surface area contributed by atoms with Crippen molar-refractivity contribution in [2.75, 3.05) is 20.2 Å². The lowest BCUT2D eigenvalue weighted by Gasteiger charge is -2.16. The van der Waals surface area contributed by atoms with Crippen LogP contribution in [0.2, 0.25) is 0 Å². The Hall–Kier alpha value is -2.83. The topological polar surface area (TPSA) is 94.6 Å². The third-order valence-electron chi connectivity index (χ3n) is 4.53. The second-order valence-electron chi connectivity index (χ2n) is 6.40. The van der Waals surface area contributed by atoms with Crippen molar-refractivity contribution >= 4 is 10.9 Å². The summed E-state index contributed by atoms with van der Waals surface area (Å²) in [5.74, 6) is 0.783. The Balaban J connectivity index is 1.65. The number of benzene rings is 2. The minimum absolute atomic E-state index is 0.0208. The number of aliphatic hydroxyl groups is 1. The van der Waals surface area contributed by atoms with E-state index in [0.29, 0.717) is 29.6 Å². The molecule has 2 aromatic carbocycles. The van der Waals surface area contributed by atoms with E-state index in [0.717, 1.165) is 23.3 Å². The summed E-state index contributed by atoms with van der Waals surface area (Å²) < 4.78 is 5.37. The van der Waals surface area contributed by atoms with E-state index in [9.17, 15) is 15.0 Å². The summed E-state index contributed by atoms with van der Waals surface area (Å²) in [4.78, 5) is 14.1. The highest BCUT2D eigenvalue weighted by atomic mass is 16.5. The number of nitrogens with one attached hydrogen (secondary N) is 2. The van der Waals surface area contributed by atoms with Crippen LogP contribution in [0.15, 0.2) is 47.3 Å². The number of hydrogen-bond acceptors (Lipinski definition) is 5. The molecule has 0 saturated heterocycles. The Kier molecular flexibility index (Phi) is 5.78. The van der Waals surface area contributed by atoms with E-state index in [1.54, 1.807) is 19.2 Å². The maximum absolute atomic E-state index is 11.5. The van der Waals surface area contributed by atoms with Crippen molar-refractivity contribution in [2.45, 2.75) is 12.5 Å². The van der Waals surface area contributed by atoms with Crippen LogP contribution >= 0.6 is 0 Å². The molecule has 1 radical (unpaired) electrons. The van der Waals surface area contributed by atoms with E-state index in [4.69, 9.17) is 4.74 Å². The summed E-state index contributed by atoms with van der Waals surface area (Å²) in [6, 6.07) is 12.0. The molecule has 0 spiro atoms. The van der Waals surface area contributed by atoms with E-state index in [1.165, 1.54) is 12.1 Å². The zero-order valence-corrected chi connectivity index (χ0v) is 15.2. The molecule has 0 unspecified atom stereocenters. The van der Waals surface area contributed by atoms with Crippen LogP contribution < -0.4 is 15.6 Å². The second kappa shape index (κ2) is 8.24. The summed E-state index contributed by atoms with van der Waals surface area (Å²) >= 11 is 0. The smallest absolute Gasteiger partial charge is 0.248 e. The zero-order valence-electron chi connectivity index (χ0n) is 15.2.